The van der Waals surface area contributed by atoms with Crippen molar-refractivity contribution >= 4 is 11.5 Å². The lowest BCUT2D eigenvalue weighted by molar-refractivity contribution is -0.688. The fraction of sp³-hybridized carbons (Fsp3) is 0.222. The van der Waals surface area contributed by atoms with E-state index >= 15 is 0 Å². The first-order valence-corrected chi connectivity index (χ1v) is 7.23. The highest BCUT2D eigenvalue weighted by Crippen LogP contribution is 2.18. The summed E-state index contributed by atoms with van der Waals surface area (Å²) in [5, 5.41) is 0. The van der Waals surface area contributed by atoms with E-state index in [4.69, 9.17) is 0 Å². The van der Waals surface area contributed by atoms with Crippen LogP contribution in [-0.4, -0.2) is 18.4 Å². The topological polar surface area (TPSA) is 24.2 Å². The summed E-state index contributed by atoms with van der Waals surface area (Å²) < 4.78 is 2.14. The average Bonchev–Trinajstić information content (AvgIpc) is 2.52. The number of nitrogens with zero attached hydrogens (tertiary/aromatic N) is 2. The zero-order valence-corrected chi connectivity index (χ0v) is 12.1. The Balaban J connectivity index is 1.75. The molecule has 0 fully saturated rings. The predicted octanol–water partition coefficient (Wildman–Crippen LogP) is 2.36. The Hall–Kier alpha value is -2.42. The van der Waals surface area contributed by atoms with Crippen molar-refractivity contribution in [2.45, 2.75) is 19.5 Å². The largest absolute Gasteiger partial charge is 0.357 e. The number of hydrogen-bond donors (Lipinski definition) is 0. The fourth-order valence-corrected chi connectivity index (χ4v) is 2.58. The van der Waals surface area contributed by atoms with Crippen LogP contribution in [-0.2, 0) is 11.3 Å². The lowest BCUT2D eigenvalue weighted by Crippen LogP contribution is -2.40. The zero-order chi connectivity index (χ0) is 14.7. The van der Waals surface area contributed by atoms with E-state index in [0.717, 1.165) is 12.2 Å². The van der Waals surface area contributed by atoms with E-state index in [2.05, 4.69) is 65.2 Å². The lowest BCUT2D eigenvalue weighted by atomic mass is 10.1. The number of carbonyl (C=O) groups excluding carboxylic acids is 1. The van der Waals surface area contributed by atoms with Gasteiger partial charge in [-0.05, 0) is 13.0 Å². The standard InChI is InChI=1S/C18H19N2O/c1-15-7-8-18(21)14-20(15)17-9-11-19(12-10-17)13-16-5-3-2-4-6-16/h2-12,15H,13-14H2,1H3/q+1/t15-/m0/s1. The maximum absolute atomic E-state index is 11.6. The minimum atomic E-state index is 0.161. The van der Waals surface area contributed by atoms with Crippen molar-refractivity contribution in [1.82, 2.24) is 0 Å². The molecule has 0 radical (unpaired) electrons. The second-order valence-electron chi connectivity index (χ2n) is 5.41. The summed E-state index contributed by atoms with van der Waals surface area (Å²) in [5.74, 6) is 0.161. The number of rotatable bonds is 3. The van der Waals surface area contributed by atoms with Crippen molar-refractivity contribution in [1.29, 1.82) is 0 Å². The molecule has 1 atom stereocenters. The first-order chi connectivity index (χ1) is 10.2. The molecule has 0 saturated heterocycles. The number of anilines is 1. The van der Waals surface area contributed by atoms with E-state index in [0.29, 0.717) is 6.54 Å². The normalized spacial score (nSPS) is 18.0. The van der Waals surface area contributed by atoms with E-state index in [9.17, 15) is 4.79 Å². The number of aromatic nitrogens is 1. The van der Waals surface area contributed by atoms with Crippen LogP contribution in [0.2, 0.25) is 0 Å². The Kier molecular flexibility index (Phi) is 3.82. The monoisotopic (exact) mass is 279 g/mol. The van der Waals surface area contributed by atoms with Gasteiger partial charge >= 0.3 is 0 Å². The van der Waals surface area contributed by atoms with Crippen LogP contribution in [0, 0.1) is 0 Å². The lowest BCUT2D eigenvalue weighted by Gasteiger charge is -2.30. The summed E-state index contributed by atoms with van der Waals surface area (Å²) >= 11 is 0. The molecular weight excluding hydrogens is 260 g/mol. The van der Waals surface area contributed by atoms with Gasteiger partial charge in [-0.2, -0.15) is 0 Å². The quantitative estimate of drug-likeness (QED) is 0.806. The summed E-state index contributed by atoms with van der Waals surface area (Å²) in [4.78, 5) is 13.7. The number of benzene rings is 1. The maximum atomic E-state index is 11.6. The van der Waals surface area contributed by atoms with Gasteiger partial charge in [0.25, 0.3) is 0 Å². The van der Waals surface area contributed by atoms with Crippen molar-refractivity contribution in [3.63, 3.8) is 0 Å². The molecule has 0 unspecified atom stereocenters. The summed E-state index contributed by atoms with van der Waals surface area (Å²) in [6.07, 6.45) is 7.77. The molecule has 0 amide bonds. The van der Waals surface area contributed by atoms with Gasteiger partial charge in [-0.3, -0.25) is 4.79 Å². The molecule has 21 heavy (non-hydrogen) atoms. The molecule has 2 aromatic rings. The molecule has 3 heteroatoms. The highest BCUT2D eigenvalue weighted by Gasteiger charge is 2.19. The van der Waals surface area contributed by atoms with Crippen molar-refractivity contribution in [2.24, 2.45) is 0 Å². The fourth-order valence-electron chi connectivity index (χ4n) is 2.58. The van der Waals surface area contributed by atoms with E-state index in [1.54, 1.807) is 6.08 Å². The van der Waals surface area contributed by atoms with Gasteiger partial charge in [0, 0.05) is 29.4 Å². The molecule has 1 aliphatic rings. The van der Waals surface area contributed by atoms with Crippen molar-refractivity contribution < 1.29 is 9.36 Å². The molecule has 0 aliphatic carbocycles. The highest BCUT2D eigenvalue weighted by molar-refractivity contribution is 5.95. The molecular formula is C18H19N2O+. The van der Waals surface area contributed by atoms with E-state index in [1.807, 2.05) is 12.1 Å². The van der Waals surface area contributed by atoms with Crippen molar-refractivity contribution in [3.05, 3.63) is 72.6 Å². The van der Waals surface area contributed by atoms with Crippen LogP contribution in [0.5, 0.6) is 0 Å². The number of pyridine rings is 1. The third-order valence-corrected chi connectivity index (χ3v) is 3.79. The van der Waals surface area contributed by atoms with Crippen LogP contribution < -0.4 is 9.47 Å². The van der Waals surface area contributed by atoms with Gasteiger partial charge < -0.3 is 4.90 Å². The van der Waals surface area contributed by atoms with Crippen LogP contribution in [0.3, 0.4) is 0 Å². The minimum Gasteiger partial charge on any atom is -0.357 e. The van der Waals surface area contributed by atoms with E-state index in [-0.39, 0.29) is 11.8 Å². The second-order valence-corrected chi connectivity index (χ2v) is 5.41. The summed E-state index contributed by atoms with van der Waals surface area (Å²) in [5.41, 5.74) is 2.37. The molecule has 0 N–H and O–H groups in total. The Morgan fingerprint density at radius 3 is 2.57 bits per heavy atom. The SMILES string of the molecule is C[C@H]1C=CC(=O)CN1c1cc[n+](Cc2ccccc2)cc1. The first kappa shape index (κ1) is 13.6. The summed E-state index contributed by atoms with van der Waals surface area (Å²) in [6.45, 7) is 3.42. The number of carbonyl (C=O) groups is 1. The molecule has 0 saturated carbocycles. The van der Waals surface area contributed by atoms with Gasteiger partial charge in [-0.1, -0.05) is 36.4 Å². The molecule has 2 heterocycles. The van der Waals surface area contributed by atoms with Gasteiger partial charge in [0.2, 0.25) is 0 Å². The maximum Gasteiger partial charge on any atom is 0.174 e. The van der Waals surface area contributed by atoms with Gasteiger partial charge in [0.15, 0.2) is 24.7 Å². The number of hydrogen-bond acceptors (Lipinski definition) is 2. The summed E-state index contributed by atoms with van der Waals surface area (Å²) in [6, 6.07) is 14.8. The first-order valence-electron chi connectivity index (χ1n) is 7.23. The Morgan fingerprint density at radius 1 is 1.14 bits per heavy atom. The molecule has 3 nitrogen and oxygen atoms in total. The molecule has 1 aromatic carbocycles. The number of ketones is 1. The molecule has 3 rings (SSSR count). The molecule has 0 spiro atoms. The van der Waals surface area contributed by atoms with Gasteiger partial charge in [-0.15, -0.1) is 0 Å². The summed E-state index contributed by atoms with van der Waals surface area (Å²) in [7, 11) is 0. The van der Waals surface area contributed by atoms with Crippen LogP contribution >= 0.6 is 0 Å². The Bertz CT molecular complexity index is 647. The van der Waals surface area contributed by atoms with Crippen LogP contribution in [0.25, 0.3) is 0 Å². The molecule has 0 bridgehead atoms. The van der Waals surface area contributed by atoms with Gasteiger partial charge in [0.05, 0.1) is 6.54 Å². The predicted molar refractivity (Wildman–Crippen MR) is 83.1 cm³/mol. The second kappa shape index (κ2) is 5.92. The smallest absolute Gasteiger partial charge is 0.174 e. The molecule has 1 aliphatic heterocycles. The third kappa shape index (κ3) is 3.19. The van der Waals surface area contributed by atoms with Crippen molar-refractivity contribution in [3.8, 4) is 0 Å². The van der Waals surface area contributed by atoms with Gasteiger partial charge in [0.1, 0.15) is 0 Å². The van der Waals surface area contributed by atoms with Gasteiger partial charge in [-0.25, -0.2) is 4.57 Å². The third-order valence-electron chi connectivity index (χ3n) is 3.79. The average molecular weight is 279 g/mol. The van der Waals surface area contributed by atoms with E-state index < -0.39 is 0 Å². The Labute approximate surface area is 125 Å². The Morgan fingerprint density at radius 2 is 1.86 bits per heavy atom. The van der Waals surface area contributed by atoms with Crippen LogP contribution in [0.4, 0.5) is 5.69 Å². The van der Waals surface area contributed by atoms with Crippen molar-refractivity contribution in [2.75, 3.05) is 11.4 Å². The zero-order valence-electron chi connectivity index (χ0n) is 12.1. The minimum absolute atomic E-state index is 0.161. The van der Waals surface area contributed by atoms with Crippen LogP contribution in [0.15, 0.2) is 67.0 Å². The molecule has 106 valence electrons. The van der Waals surface area contributed by atoms with Crippen LogP contribution in [0.1, 0.15) is 12.5 Å². The highest BCUT2D eigenvalue weighted by atomic mass is 16.1. The molecule has 1 aromatic heterocycles. The van der Waals surface area contributed by atoms with E-state index in [1.165, 1.54) is 5.56 Å².